The number of carbonyl (C=O) groups is 2. The van der Waals surface area contributed by atoms with Crippen LogP contribution in [0.3, 0.4) is 0 Å². The monoisotopic (exact) mass is 428 g/mol. The Bertz CT molecular complexity index is 880. The Morgan fingerprint density at radius 2 is 1.23 bits per heavy atom. The van der Waals surface area contributed by atoms with Crippen LogP contribution in [0.2, 0.25) is 5.02 Å². The lowest BCUT2D eigenvalue weighted by atomic mass is 10.2. The minimum absolute atomic E-state index is 0.206. The SMILES string of the molecule is O=C(Nc1ccc(NC(=O)c2cccc(Br)c2)cc1)c1cccc(Cl)c1. The number of carbonyl (C=O) groups excluding carboxylic acids is 2. The van der Waals surface area contributed by atoms with Gasteiger partial charge in [0.1, 0.15) is 0 Å². The molecular weight excluding hydrogens is 416 g/mol. The van der Waals surface area contributed by atoms with Crippen molar-refractivity contribution in [1.82, 2.24) is 0 Å². The van der Waals surface area contributed by atoms with E-state index in [-0.39, 0.29) is 11.8 Å². The van der Waals surface area contributed by atoms with Crippen LogP contribution < -0.4 is 10.6 Å². The fraction of sp³-hybridized carbons (Fsp3) is 0. The predicted molar refractivity (Wildman–Crippen MR) is 108 cm³/mol. The number of benzene rings is 3. The minimum Gasteiger partial charge on any atom is -0.322 e. The van der Waals surface area contributed by atoms with Gasteiger partial charge in [0.25, 0.3) is 11.8 Å². The smallest absolute Gasteiger partial charge is 0.255 e. The molecule has 2 amide bonds. The zero-order valence-corrected chi connectivity index (χ0v) is 15.8. The Morgan fingerprint density at radius 3 is 1.73 bits per heavy atom. The highest BCUT2D eigenvalue weighted by molar-refractivity contribution is 9.10. The van der Waals surface area contributed by atoms with E-state index in [2.05, 4.69) is 26.6 Å². The molecule has 0 aromatic heterocycles. The first-order valence-corrected chi connectivity index (χ1v) is 8.92. The van der Waals surface area contributed by atoms with Crippen LogP contribution in [-0.4, -0.2) is 11.8 Å². The van der Waals surface area contributed by atoms with Crippen molar-refractivity contribution >= 4 is 50.7 Å². The number of hydrogen-bond acceptors (Lipinski definition) is 2. The van der Waals surface area contributed by atoms with Gasteiger partial charge in [0.15, 0.2) is 0 Å². The topological polar surface area (TPSA) is 58.2 Å². The summed E-state index contributed by atoms with van der Waals surface area (Å²) in [4.78, 5) is 24.4. The van der Waals surface area contributed by atoms with Crippen LogP contribution in [0.15, 0.2) is 77.3 Å². The van der Waals surface area contributed by atoms with Crippen molar-refractivity contribution in [3.05, 3.63) is 93.4 Å². The van der Waals surface area contributed by atoms with E-state index < -0.39 is 0 Å². The molecule has 0 spiro atoms. The molecule has 26 heavy (non-hydrogen) atoms. The van der Waals surface area contributed by atoms with E-state index in [0.29, 0.717) is 27.5 Å². The van der Waals surface area contributed by atoms with Crippen molar-refractivity contribution in [3.8, 4) is 0 Å². The lowest BCUT2D eigenvalue weighted by Gasteiger charge is -2.08. The minimum atomic E-state index is -0.251. The fourth-order valence-electron chi connectivity index (χ4n) is 2.30. The molecule has 130 valence electrons. The molecule has 0 bridgehead atoms. The van der Waals surface area contributed by atoms with Crippen LogP contribution in [0.25, 0.3) is 0 Å². The lowest BCUT2D eigenvalue weighted by Crippen LogP contribution is -2.13. The summed E-state index contributed by atoms with van der Waals surface area (Å²) in [6.07, 6.45) is 0. The maximum Gasteiger partial charge on any atom is 0.255 e. The second-order valence-corrected chi connectivity index (χ2v) is 6.86. The van der Waals surface area contributed by atoms with E-state index in [1.165, 1.54) is 0 Å². The van der Waals surface area contributed by atoms with Gasteiger partial charge >= 0.3 is 0 Å². The molecular formula is C20H14BrClN2O2. The third-order valence-electron chi connectivity index (χ3n) is 3.57. The standard InChI is InChI=1S/C20H14BrClN2O2/c21-15-5-1-3-13(11-15)19(25)23-17-7-9-18(10-8-17)24-20(26)14-4-2-6-16(22)12-14/h1-12H,(H,23,25)(H,24,26). The number of nitrogens with one attached hydrogen (secondary N) is 2. The normalized spacial score (nSPS) is 10.2. The van der Waals surface area contributed by atoms with Crippen molar-refractivity contribution in [1.29, 1.82) is 0 Å². The van der Waals surface area contributed by atoms with Gasteiger partial charge in [0.05, 0.1) is 0 Å². The summed E-state index contributed by atoms with van der Waals surface area (Å²) in [5, 5.41) is 6.11. The van der Waals surface area contributed by atoms with Crippen molar-refractivity contribution in [2.45, 2.75) is 0 Å². The molecule has 0 saturated heterocycles. The molecule has 0 radical (unpaired) electrons. The fourth-order valence-corrected chi connectivity index (χ4v) is 2.89. The summed E-state index contributed by atoms with van der Waals surface area (Å²) in [5.74, 6) is -0.458. The second kappa shape index (κ2) is 8.17. The van der Waals surface area contributed by atoms with Gasteiger partial charge in [-0.3, -0.25) is 9.59 Å². The van der Waals surface area contributed by atoms with E-state index in [0.717, 1.165) is 4.47 Å². The molecule has 0 fully saturated rings. The molecule has 3 aromatic carbocycles. The molecule has 0 aliphatic heterocycles. The van der Waals surface area contributed by atoms with Crippen LogP contribution >= 0.6 is 27.5 Å². The Morgan fingerprint density at radius 1 is 0.731 bits per heavy atom. The molecule has 0 unspecified atom stereocenters. The highest BCUT2D eigenvalue weighted by Gasteiger charge is 2.08. The Balaban J connectivity index is 1.65. The van der Waals surface area contributed by atoms with E-state index in [9.17, 15) is 9.59 Å². The second-order valence-electron chi connectivity index (χ2n) is 5.51. The van der Waals surface area contributed by atoms with Gasteiger partial charge in [0, 0.05) is 32.0 Å². The Hall–Kier alpha value is -2.63. The van der Waals surface area contributed by atoms with E-state index in [1.54, 1.807) is 66.7 Å². The summed E-state index contributed by atoms with van der Waals surface area (Å²) in [7, 11) is 0. The van der Waals surface area contributed by atoms with Crippen molar-refractivity contribution in [2.24, 2.45) is 0 Å². The average molecular weight is 430 g/mol. The molecule has 4 nitrogen and oxygen atoms in total. The number of hydrogen-bond donors (Lipinski definition) is 2. The van der Waals surface area contributed by atoms with Gasteiger partial charge in [0.2, 0.25) is 0 Å². The number of anilines is 2. The third kappa shape index (κ3) is 4.71. The van der Waals surface area contributed by atoms with Gasteiger partial charge in [-0.15, -0.1) is 0 Å². The first kappa shape index (κ1) is 18.2. The lowest BCUT2D eigenvalue weighted by molar-refractivity contribution is 0.101. The van der Waals surface area contributed by atoms with E-state index in [4.69, 9.17) is 11.6 Å². The summed E-state index contributed by atoms with van der Waals surface area (Å²) in [5.41, 5.74) is 2.29. The molecule has 0 atom stereocenters. The maximum atomic E-state index is 12.2. The van der Waals surface area contributed by atoms with Crippen LogP contribution in [-0.2, 0) is 0 Å². The third-order valence-corrected chi connectivity index (χ3v) is 4.30. The highest BCUT2D eigenvalue weighted by Crippen LogP contribution is 2.18. The quantitative estimate of drug-likeness (QED) is 0.566. The molecule has 2 N–H and O–H groups in total. The zero-order valence-electron chi connectivity index (χ0n) is 13.5. The molecule has 6 heteroatoms. The molecule has 3 aromatic rings. The number of rotatable bonds is 4. The van der Waals surface area contributed by atoms with Crippen LogP contribution in [0, 0.1) is 0 Å². The number of amides is 2. The zero-order chi connectivity index (χ0) is 18.5. The summed E-state index contributed by atoms with van der Waals surface area (Å²) >= 11 is 9.24. The van der Waals surface area contributed by atoms with Gasteiger partial charge in [-0.25, -0.2) is 0 Å². The first-order valence-electron chi connectivity index (χ1n) is 7.75. The molecule has 0 aliphatic rings. The van der Waals surface area contributed by atoms with Gasteiger partial charge < -0.3 is 10.6 Å². The summed E-state index contributed by atoms with van der Waals surface area (Å²) in [6.45, 7) is 0. The van der Waals surface area contributed by atoms with Crippen LogP contribution in [0.5, 0.6) is 0 Å². The van der Waals surface area contributed by atoms with Crippen molar-refractivity contribution < 1.29 is 9.59 Å². The van der Waals surface area contributed by atoms with E-state index in [1.807, 2.05) is 6.07 Å². The molecule has 0 saturated carbocycles. The molecule has 0 heterocycles. The Kier molecular flexibility index (Phi) is 5.71. The first-order chi connectivity index (χ1) is 12.5. The largest absolute Gasteiger partial charge is 0.322 e. The highest BCUT2D eigenvalue weighted by atomic mass is 79.9. The van der Waals surface area contributed by atoms with Crippen molar-refractivity contribution in [3.63, 3.8) is 0 Å². The van der Waals surface area contributed by atoms with Gasteiger partial charge in [-0.05, 0) is 60.7 Å². The van der Waals surface area contributed by atoms with Gasteiger partial charge in [-0.1, -0.05) is 39.7 Å². The maximum absolute atomic E-state index is 12.2. The molecule has 3 rings (SSSR count). The predicted octanol–water partition coefficient (Wildman–Crippen LogP) is 5.61. The summed E-state index contributed by atoms with van der Waals surface area (Å²) < 4.78 is 0.837. The van der Waals surface area contributed by atoms with Crippen LogP contribution in [0.1, 0.15) is 20.7 Å². The molecule has 0 aliphatic carbocycles. The average Bonchev–Trinajstić information content (AvgIpc) is 2.63. The van der Waals surface area contributed by atoms with Crippen LogP contribution in [0.4, 0.5) is 11.4 Å². The summed E-state index contributed by atoms with van der Waals surface area (Å²) in [6, 6.07) is 20.7. The number of halogens is 2. The van der Waals surface area contributed by atoms with Crippen molar-refractivity contribution in [2.75, 3.05) is 10.6 Å². The van der Waals surface area contributed by atoms with Gasteiger partial charge in [-0.2, -0.15) is 0 Å². The Labute approximate surface area is 164 Å². The van der Waals surface area contributed by atoms with E-state index >= 15 is 0 Å².